The van der Waals surface area contributed by atoms with Crippen LogP contribution in [0.1, 0.15) is 33.2 Å². The second-order valence-corrected chi connectivity index (χ2v) is 9.89. The Bertz CT molecular complexity index is 1380. The molecular formula is C26H25NO7S. The minimum absolute atomic E-state index is 0.0284. The zero-order valence-electron chi connectivity index (χ0n) is 19.6. The Kier molecular flexibility index (Phi) is 6.79. The Morgan fingerprint density at radius 2 is 1.74 bits per heavy atom. The number of hydrogen-bond acceptors (Lipinski definition) is 7. The summed E-state index contributed by atoms with van der Waals surface area (Å²) in [7, 11) is -1.00. The van der Waals surface area contributed by atoms with Crippen molar-refractivity contribution in [3.05, 3.63) is 83.4 Å². The minimum atomic E-state index is -3.92. The molecule has 4 rings (SSSR count). The number of carbonyl (C=O) groups excluding carboxylic acids is 2. The second-order valence-electron chi connectivity index (χ2n) is 8.08. The zero-order chi connectivity index (χ0) is 25.2. The van der Waals surface area contributed by atoms with E-state index in [-0.39, 0.29) is 22.1 Å². The van der Waals surface area contributed by atoms with Gasteiger partial charge in [0.05, 0.1) is 35.9 Å². The number of Topliss-reactive ketones (excluding diaryl/α,β-unsaturated/α-hetero) is 1. The maximum absolute atomic E-state index is 13.5. The number of ketones is 1. The number of para-hydroxylation sites is 1. The van der Waals surface area contributed by atoms with Gasteiger partial charge < -0.3 is 14.2 Å². The summed E-state index contributed by atoms with van der Waals surface area (Å²) in [5.41, 5.74) is 1.85. The fourth-order valence-electron chi connectivity index (χ4n) is 4.12. The molecular weight excluding hydrogens is 470 g/mol. The molecule has 0 radical (unpaired) electrons. The van der Waals surface area contributed by atoms with Crippen LogP contribution < -0.4 is 13.8 Å². The number of sulfonamides is 1. The van der Waals surface area contributed by atoms with Gasteiger partial charge in [0.25, 0.3) is 10.0 Å². The van der Waals surface area contributed by atoms with E-state index in [0.29, 0.717) is 23.6 Å². The Labute approximate surface area is 204 Å². The number of carbonyl (C=O) groups is 2. The molecule has 0 unspecified atom stereocenters. The van der Waals surface area contributed by atoms with Crippen molar-refractivity contribution in [3.8, 4) is 11.5 Å². The fourth-order valence-corrected chi connectivity index (χ4v) is 5.86. The van der Waals surface area contributed by atoms with Crippen molar-refractivity contribution < 1.29 is 32.2 Å². The van der Waals surface area contributed by atoms with Crippen LogP contribution in [0.25, 0.3) is 0 Å². The van der Waals surface area contributed by atoms with Gasteiger partial charge in [-0.25, -0.2) is 13.2 Å². The van der Waals surface area contributed by atoms with E-state index < -0.39 is 28.4 Å². The highest BCUT2D eigenvalue weighted by atomic mass is 32.2. The quantitative estimate of drug-likeness (QED) is 0.345. The van der Waals surface area contributed by atoms with E-state index in [4.69, 9.17) is 14.2 Å². The third-order valence-electron chi connectivity index (χ3n) is 5.81. The molecule has 8 nitrogen and oxygen atoms in total. The molecule has 0 amide bonds. The van der Waals surface area contributed by atoms with Crippen molar-refractivity contribution in [1.82, 2.24) is 0 Å². The molecule has 0 saturated carbocycles. The third kappa shape index (κ3) is 4.72. The lowest BCUT2D eigenvalue weighted by Crippen LogP contribution is -2.35. The average molecular weight is 496 g/mol. The van der Waals surface area contributed by atoms with E-state index in [1.165, 1.54) is 48.9 Å². The number of hydrogen-bond donors (Lipinski definition) is 0. The van der Waals surface area contributed by atoms with Gasteiger partial charge in [0, 0.05) is 12.1 Å². The van der Waals surface area contributed by atoms with Crippen molar-refractivity contribution >= 4 is 27.5 Å². The second kappa shape index (κ2) is 9.79. The summed E-state index contributed by atoms with van der Waals surface area (Å²) in [6.45, 7) is 1.31. The Balaban J connectivity index is 1.51. The van der Waals surface area contributed by atoms with Crippen molar-refractivity contribution in [2.45, 2.75) is 24.3 Å². The van der Waals surface area contributed by atoms with Gasteiger partial charge >= 0.3 is 5.97 Å². The van der Waals surface area contributed by atoms with E-state index in [1.54, 1.807) is 24.3 Å². The third-order valence-corrected chi connectivity index (χ3v) is 7.74. The van der Waals surface area contributed by atoms with Crippen LogP contribution in [-0.4, -0.2) is 47.0 Å². The molecule has 3 aromatic carbocycles. The van der Waals surface area contributed by atoms with Crippen LogP contribution in [0.15, 0.2) is 71.6 Å². The average Bonchev–Trinajstić information content (AvgIpc) is 3.23. The van der Waals surface area contributed by atoms with Gasteiger partial charge in [-0.15, -0.1) is 0 Å². The van der Waals surface area contributed by atoms with Crippen molar-refractivity contribution in [3.63, 3.8) is 0 Å². The standard InChI is InChI=1S/C26H25NO7S/c1-17-13-18-7-4-5-10-23(18)27(17)35(30,31)21-9-6-8-19(14-21)26(29)34-16-24(28)22-12-11-20(32-2)15-25(22)33-3/h4-12,14-15,17H,13,16H2,1-3H3/t17-/m1/s1. The molecule has 0 fully saturated rings. The van der Waals surface area contributed by atoms with Gasteiger partial charge in [0.15, 0.2) is 6.61 Å². The lowest BCUT2D eigenvalue weighted by Gasteiger charge is -2.24. The number of anilines is 1. The molecule has 35 heavy (non-hydrogen) atoms. The lowest BCUT2D eigenvalue weighted by molar-refractivity contribution is 0.0473. The van der Waals surface area contributed by atoms with Gasteiger partial charge in [0.2, 0.25) is 5.78 Å². The monoisotopic (exact) mass is 495 g/mol. The Morgan fingerprint density at radius 1 is 0.971 bits per heavy atom. The molecule has 3 aromatic rings. The summed E-state index contributed by atoms with van der Waals surface area (Å²) in [6.07, 6.45) is 0.605. The molecule has 0 aromatic heterocycles. The molecule has 9 heteroatoms. The summed E-state index contributed by atoms with van der Waals surface area (Å²) in [5, 5.41) is 0. The van der Waals surface area contributed by atoms with Crippen molar-refractivity contribution in [2.75, 3.05) is 25.1 Å². The zero-order valence-corrected chi connectivity index (χ0v) is 20.4. The molecule has 0 bridgehead atoms. The summed E-state index contributed by atoms with van der Waals surface area (Å²) in [5.74, 6) is -0.469. The van der Waals surface area contributed by atoms with Gasteiger partial charge in [-0.3, -0.25) is 9.10 Å². The fraction of sp³-hybridized carbons (Fsp3) is 0.231. The molecule has 1 heterocycles. The van der Waals surface area contributed by atoms with Crippen molar-refractivity contribution in [1.29, 1.82) is 0 Å². The normalized spacial score (nSPS) is 14.8. The summed E-state index contributed by atoms with van der Waals surface area (Å²) in [6, 6.07) is 17.4. The first kappa shape index (κ1) is 24.3. The molecule has 0 N–H and O–H groups in total. The highest BCUT2D eigenvalue weighted by molar-refractivity contribution is 7.92. The van der Waals surface area contributed by atoms with Crippen molar-refractivity contribution in [2.24, 2.45) is 0 Å². The lowest BCUT2D eigenvalue weighted by atomic mass is 10.1. The largest absolute Gasteiger partial charge is 0.497 e. The number of ether oxygens (including phenoxy) is 3. The van der Waals surface area contributed by atoms with E-state index in [1.807, 2.05) is 19.1 Å². The van der Waals surface area contributed by atoms with Crippen LogP contribution >= 0.6 is 0 Å². The number of methoxy groups -OCH3 is 2. The van der Waals surface area contributed by atoms with E-state index in [0.717, 1.165) is 5.56 Å². The van der Waals surface area contributed by atoms with Crippen LogP contribution in [0.2, 0.25) is 0 Å². The van der Waals surface area contributed by atoms with Crippen LogP contribution in [0.3, 0.4) is 0 Å². The molecule has 1 aliphatic rings. The highest BCUT2D eigenvalue weighted by Gasteiger charge is 2.36. The number of benzene rings is 3. The van der Waals surface area contributed by atoms with E-state index in [9.17, 15) is 18.0 Å². The molecule has 1 aliphatic heterocycles. The first-order valence-corrected chi connectivity index (χ1v) is 12.3. The van der Waals surface area contributed by atoms with E-state index in [2.05, 4.69) is 0 Å². The van der Waals surface area contributed by atoms with Gasteiger partial charge in [-0.1, -0.05) is 24.3 Å². The first-order valence-electron chi connectivity index (χ1n) is 10.9. The summed E-state index contributed by atoms with van der Waals surface area (Å²) in [4.78, 5) is 25.2. The smallest absolute Gasteiger partial charge is 0.338 e. The number of rotatable bonds is 8. The van der Waals surface area contributed by atoms with Gasteiger partial charge in [-0.05, 0) is 55.3 Å². The first-order chi connectivity index (χ1) is 16.8. The maximum atomic E-state index is 13.5. The van der Waals surface area contributed by atoms with E-state index >= 15 is 0 Å². The van der Waals surface area contributed by atoms with Gasteiger partial charge in [0.1, 0.15) is 11.5 Å². The molecule has 0 spiro atoms. The Hall–Kier alpha value is -3.85. The highest BCUT2D eigenvalue weighted by Crippen LogP contribution is 2.36. The molecule has 0 aliphatic carbocycles. The van der Waals surface area contributed by atoms with Crippen LogP contribution in [0.4, 0.5) is 5.69 Å². The Morgan fingerprint density at radius 3 is 2.49 bits per heavy atom. The maximum Gasteiger partial charge on any atom is 0.338 e. The molecule has 182 valence electrons. The minimum Gasteiger partial charge on any atom is -0.497 e. The predicted octanol–water partition coefficient (Wildman–Crippen LogP) is 3.88. The number of fused-ring (bicyclic) bond motifs is 1. The molecule has 0 saturated heterocycles. The van der Waals surface area contributed by atoms with Crippen LogP contribution in [0, 0.1) is 0 Å². The number of nitrogens with zero attached hydrogens (tertiary/aromatic N) is 1. The predicted molar refractivity (Wildman–Crippen MR) is 130 cm³/mol. The summed E-state index contributed by atoms with van der Waals surface area (Å²) < 4.78 is 43.8. The van der Waals surface area contributed by atoms with Gasteiger partial charge in [-0.2, -0.15) is 0 Å². The molecule has 1 atom stereocenters. The van der Waals surface area contributed by atoms with Crippen LogP contribution in [0.5, 0.6) is 11.5 Å². The van der Waals surface area contributed by atoms with Crippen LogP contribution in [-0.2, 0) is 21.2 Å². The summed E-state index contributed by atoms with van der Waals surface area (Å²) >= 11 is 0. The SMILES string of the molecule is COc1ccc(C(=O)COC(=O)c2cccc(S(=O)(=O)N3c4ccccc4C[C@H]3C)c2)c(OC)c1. The topological polar surface area (TPSA) is 99.2 Å². The number of esters is 1.